The van der Waals surface area contributed by atoms with E-state index in [0.29, 0.717) is 35.0 Å². The van der Waals surface area contributed by atoms with Crippen molar-refractivity contribution in [3.05, 3.63) is 90.0 Å². The van der Waals surface area contributed by atoms with Gasteiger partial charge in [-0.1, -0.05) is 81.5 Å². The van der Waals surface area contributed by atoms with Gasteiger partial charge in [-0.3, -0.25) is 9.59 Å². The average Bonchev–Trinajstić information content (AvgIpc) is 2.96. The number of amides is 4. The monoisotopic (exact) mass is 526 g/mol. The van der Waals surface area contributed by atoms with Crippen molar-refractivity contribution in [2.75, 3.05) is 23.5 Å². The van der Waals surface area contributed by atoms with E-state index in [2.05, 4.69) is 6.92 Å². The fourth-order valence-corrected chi connectivity index (χ4v) is 4.46. The van der Waals surface area contributed by atoms with Crippen LogP contribution in [-0.4, -0.2) is 31.6 Å². The Balaban J connectivity index is 1.60. The second-order valence-electron chi connectivity index (χ2n) is 9.32. The van der Waals surface area contributed by atoms with Crippen molar-refractivity contribution in [1.29, 1.82) is 0 Å². The lowest BCUT2D eigenvalue weighted by atomic mass is 10.0. The summed E-state index contributed by atoms with van der Waals surface area (Å²) in [6, 6.07) is 21.7. The number of hydrogen-bond acceptors (Lipinski definition) is 5. The zero-order valence-electron chi connectivity index (χ0n) is 22.5. The van der Waals surface area contributed by atoms with Crippen molar-refractivity contribution in [1.82, 2.24) is 0 Å². The van der Waals surface area contributed by atoms with Gasteiger partial charge < -0.3 is 9.47 Å². The summed E-state index contributed by atoms with van der Waals surface area (Å²) in [6.07, 6.45) is 8.49. The number of urea groups is 1. The molecule has 39 heavy (non-hydrogen) atoms. The Bertz CT molecular complexity index is 1260. The molecule has 3 aromatic rings. The number of rotatable bonds is 12. The van der Waals surface area contributed by atoms with Crippen molar-refractivity contribution >= 4 is 35.3 Å². The number of barbiturate groups is 1. The number of carbonyl (C=O) groups is 3. The molecule has 0 saturated carbocycles. The summed E-state index contributed by atoms with van der Waals surface area (Å²) in [5.41, 5.74) is 1.20. The SMILES string of the molecule is CCCCCCCCOc1ccc(C=C2C(=O)N(c3ccccc3)C(=O)N(c3ccccc3)C2=O)cc1OC. The highest BCUT2D eigenvalue weighted by atomic mass is 16.5. The highest BCUT2D eigenvalue weighted by Crippen LogP contribution is 2.32. The summed E-state index contributed by atoms with van der Waals surface area (Å²) < 4.78 is 11.5. The first-order chi connectivity index (χ1) is 19.0. The van der Waals surface area contributed by atoms with E-state index in [1.807, 2.05) is 0 Å². The molecule has 3 aromatic carbocycles. The summed E-state index contributed by atoms with van der Waals surface area (Å²) in [5.74, 6) is -0.278. The van der Waals surface area contributed by atoms with Crippen LogP contribution >= 0.6 is 0 Å². The molecule has 1 fully saturated rings. The van der Waals surface area contributed by atoms with Gasteiger partial charge >= 0.3 is 6.03 Å². The zero-order chi connectivity index (χ0) is 27.6. The van der Waals surface area contributed by atoms with Crippen molar-refractivity contribution in [3.63, 3.8) is 0 Å². The maximum atomic E-state index is 13.6. The van der Waals surface area contributed by atoms with Crippen molar-refractivity contribution in [2.45, 2.75) is 45.4 Å². The summed E-state index contributed by atoms with van der Waals surface area (Å²) in [5, 5.41) is 0. The van der Waals surface area contributed by atoms with Gasteiger partial charge in [-0.2, -0.15) is 0 Å². The minimum absolute atomic E-state index is 0.134. The van der Waals surface area contributed by atoms with Crippen LogP contribution in [0.15, 0.2) is 84.4 Å². The van der Waals surface area contributed by atoms with Crippen LogP contribution in [0.25, 0.3) is 6.08 Å². The Hall–Kier alpha value is -4.39. The Morgan fingerprint density at radius 3 is 1.82 bits per heavy atom. The van der Waals surface area contributed by atoms with Gasteiger partial charge in [0.15, 0.2) is 11.5 Å². The van der Waals surface area contributed by atoms with E-state index >= 15 is 0 Å². The van der Waals surface area contributed by atoms with Gasteiger partial charge in [0.1, 0.15) is 5.57 Å². The molecule has 7 nitrogen and oxygen atoms in total. The zero-order valence-corrected chi connectivity index (χ0v) is 22.5. The summed E-state index contributed by atoms with van der Waals surface area (Å²) in [7, 11) is 1.55. The highest BCUT2D eigenvalue weighted by Gasteiger charge is 2.43. The van der Waals surface area contributed by atoms with Gasteiger partial charge in [0, 0.05) is 0 Å². The topological polar surface area (TPSA) is 76.2 Å². The lowest BCUT2D eigenvalue weighted by molar-refractivity contribution is -0.121. The van der Waals surface area contributed by atoms with Gasteiger partial charge in [-0.25, -0.2) is 14.6 Å². The van der Waals surface area contributed by atoms with E-state index in [1.165, 1.54) is 31.8 Å². The minimum atomic E-state index is -0.726. The van der Waals surface area contributed by atoms with Crippen molar-refractivity contribution in [2.24, 2.45) is 0 Å². The fraction of sp³-hybridized carbons (Fsp3) is 0.281. The van der Waals surface area contributed by atoms with Gasteiger partial charge in [0.05, 0.1) is 25.1 Å². The number of hydrogen-bond donors (Lipinski definition) is 0. The molecule has 0 aliphatic carbocycles. The molecule has 0 bridgehead atoms. The fourth-order valence-electron chi connectivity index (χ4n) is 4.46. The Morgan fingerprint density at radius 2 is 1.26 bits per heavy atom. The number of nitrogens with zero attached hydrogens (tertiary/aromatic N) is 2. The van der Waals surface area contributed by atoms with Crippen LogP contribution in [0.2, 0.25) is 0 Å². The first-order valence-corrected chi connectivity index (χ1v) is 13.4. The number of unbranched alkanes of at least 4 members (excludes halogenated alkanes) is 5. The molecular weight excluding hydrogens is 492 g/mol. The molecule has 1 saturated heterocycles. The molecule has 0 unspecified atom stereocenters. The average molecular weight is 527 g/mol. The number of carbonyl (C=O) groups excluding carboxylic acids is 3. The van der Waals surface area contributed by atoms with Gasteiger partial charge in [-0.05, 0) is 54.5 Å². The quantitative estimate of drug-likeness (QED) is 0.144. The summed E-state index contributed by atoms with van der Waals surface area (Å²) >= 11 is 0. The second kappa shape index (κ2) is 13.4. The Morgan fingerprint density at radius 1 is 0.692 bits per heavy atom. The van der Waals surface area contributed by atoms with E-state index in [0.717, 1.165) is 22.6 Å². The molecule has 4 amide bonds. The molecule has 1 aliphatic heterocycles. The molecule has 1 aliphatic rings. The predicted octanol–water partition coefficient (Wildman–Crippen LogP) is 7.02. The lowest BCUT2D eigenvalue weighted by Crippen LogP contribution is -2.57. The van der Waals surface area contributed by atoms with E-state index in [-0.39, 0.29) is 5.57 Å². The molecule has 0 aromatic heterocycles. The van der Waals surface area contributed by atoms with Gasteiger partial charge in [0.2, 0.25) is 0 Å². The third-order valence-electron chi connectivity index (χ3n) is 6.53. The third-order valence-corrected chi connectivity index (χ3v) is 6.53. The third kappa shape index (κ3) is 6.55. The van der Waals surface area contributed by atoms with Crippen LogP contribution < -0.4 is 19.3 Å². The summed E-state index contributed by atoms with van der Waals surface area (Å²) in [6.45, 7) is 2.78. The van der Waals surface area contributed by atoms with Crippen molar-refractivity contribution < 1.29 is 23.9 Å². The highest BCUT2D eigenvalue weighted by molar-refractivity contribution is 6.46. The number of para-hydroxylation sites is 2. The second-order valence-corrected chi connectivity index (χ2v) is 9.32. The molecule has 0 radical (unpaired) electrons. The molecule has 0 atom stereocenters. The Kier molecular flexibility index (Phi) is 9.51. The lowest BCUT2D eigenvalue weighted by Gasteiger charge is -2.33. The van der Waals surface area contributed by atoms with Crippen LogP contribution in [0.3, 0.4) is 0 Å². The number of benzene rings is 3. The van der Waals surface area contributed by atoms with Crippen LogP contribution in [0.5, 0.6) is 11.5 Å². The van der Waals surface area contributed by atoms with Crippen LogP contribution in [-0.2, 0) is 9.59 Å². The number of imide groups is 2. The van der Waals surface area contributed by atoms with Crippen LogP contribution in [0, 0.1) is 0 Å². The molecule has 202 valence electrons. The van der Waals surface area contributed by atoms with E-state index < -0.39 is 17.8 Å². The molecule has 0 spiro atoms. The predicted molar refractivity (Wildman–Crippen MR) is 153 cm³/mol. The number of anilines is 2. The van der Waals surface area contributed by atoms with Crippen LogP contribution in [0.4, 0.5) is 16.2 Å². The molecule has 0 N–H and O–H groups in total. The molecule has 7 heteroatoms. The number of ether oxygens (including phenoxy) is 2. The van der Waals surface area contributed by atoms with E-state index in [1.54, 1.807) is 86.0 Å². The largest absolute Gasteiger partial charge is 0.493 e. The summed E-state index contributed by atoms with van der Waals surface area (Å²) in [4.78, 5) is 42.6. The maximum Gasteiger partial charge on any atom is 0.343 e. The molecule has 4 rings (SSSR count). The van der Waals surface area contributed by atoms with Gasteiger partial charge in [0.25, 0.3) is 11.8 Å². The first-order valence-electron chi connectivity index (χ1n) is 13.4. The maximum absolute atomic E-state index is 13.6. The van der Waals surface area contributed by atoms with E-state index in [4.69, 9.17) is 9.47 Å². The van der Waals surface area contributed by atoms with Gasteiger partial charge in [-0.15, -0.1) is 0 Å². The van der Waals surface area contributed by atoms with E-state index in [9.17, 15) is 14.4 Å². The minimum Gasteiger partial charge on any atom is -0.493 e. The van der Waals surface area contributed by atoms with Crippen LogP contribution in [0.1, 0.15) is 51.0 Å². The first kappa shape index (κ1) is 27.6. The standard InChI is InChI=1S/C32H34N2O5/c1-3-4-5-6-7-14-21-39-28-20-19-24(23-29(28)38-2)22-27-30(35)33(25-15-10-8-11-16-25)32(37)34(31(27)36)26-17-12-9-13-18-26/h8-13,15-20,22-23H,3-7,14,21H2,1-2H3. The molecule has 1 heterocycles. The van der Waals surface area contributed by atoms with Crippen molar-refractivity contribution in [3.8, 4) is 11.5 Å². The Labute approximate surface area is 229 Å². The normalized spacial score (nSPS) is 13.6. The number of methoxy groups -OCH3 is 1. The smallest absolute Gasteiger partial charge is 0.343 e. The molecular formula is C32H34N2O5.